The molecule has 1 amide bonds. The van der Waals surface area contributed by atoms with Crippen molar-refractivity contribution in [1.29, 1.82) is 0 Å². The van der Waals surface area contributed by atoms with Gasteiger partial charge in [0.25, 0.3) is 0 Å². The van der Waals surface area contributed by atoms with Gasteiger partial charge in [-0.15, -0.1) is 0 Å². The van der Waals surface area contributed by atoms with Crippen molar-refractivity contribution in [3.63, 3.8) is 0 Å². The summed E-state index contributed by atoms with van der Waals surface area (Å²) in [6, 6.07) is 3.29. The summed E-state index contributed by atoms with van der Waals surface area (Å²) in [6.07, 6.45) is 3.85. The highest BCUT2D eigenvalue weighted by atomic mass is 19.2. The maximum atomic E-state index is 15.3. The van der Waals surface area contributed by atoms with Crippen LogP contribution in [0.1, 0.15) is 38.1 Å². The number of hydrogen-bond donors (Lipinski definition) is 1. The van der Waals surface area contributed by atoms with E-state index in [1.165, 1.54) is 8.96 Å². The van der Waals surface area contributed by atoms with Gasteiger partial charge in [-0.3, -0.25) is 4.79 Å². The Morgan fingerprint density at radius 3 is 2.81 bits per heavy atom. The van der Waals surface area contributed by atoms with E-state index < -0.39 is 6.97 Å². The van der Waals surface area contributed by atoms with E-state index in [0.29, 0.717) is 36.5 Å². The number of aryl methyl sites for hydroxylation is 1. The third-order valence-corrected chi connectivity index (χ3v) is 5.55. The molecule has 3 rings (SSSR count). The summed E-state index contributed by atoms with van der Waals surface area (Å²) >= 11 is 0. The number of carbonyl (C=O) groups is 1. The topological polar surface area (TPSA) is 40.3 Å². The van der Waals surface area contributed by atoms with Crippen LogP contribution >= 0.6 is 0 Å². The Kier molecular flexibility index (Phi) is 5.56. The minimum absolute atomic E-state index is 0.0877. The molecule has 0 fully saturated rings. The molecule has 2 aliphatic heterocycles. The Hall–Kier alpha value is -1.96. The first-order valence-corrected chi connectivity index (χ1v) is 9.65. The molecular formula is C19H29BF2N4O. The number of nitrogens with zero attached hydrogens (tertiary/aromatic N) is 3. The van der Waals surface area contributed by atoms with Gasteiger partial charge < -0.3 is 27.8 Å². The molecule has 1 aromatic rings. The molecule has 0 saturated carbocycles. The lowest BCUT2D eigenvalue weighted by atomic mass is 9.85. The molecule has 3 heterocycles. The Morgan fingerprint density at radius 2 is 2.11 bits per heavy atom. The van der Waals surface area contributed by atoms with Crippen LogP contribution in [-0.2, 0) is 17.6 Å². The molecule has 0 bridgehead atoms. The first-order valence-electron chi connectivity index (χ1n) is 9.65. The van der Waals surface area contributed by atoms with Gasteiger partial charge in [-0.05, 0) is 69.5 Å². The Morgan fingerprint density at radius 1 is 1.37 bits per heavy atom. The first kappa shape index (κ1) is 19.8. The minimum atomic E-state index is -3.89. The second-order valence-electron chi connectivity index (χ2n) is 7.94. The van der Waals surface area contributed by atoms with E-state index in [0.717, 1.165) is 18.5 Å². The van der Waals surface area contributed by atoms with Crippen LogP contribution in [0.3, 0.4) is 0 Å². The first-order chi connectivity index (χ1) is 12.7. The maximum absolute atomic E-state index is 15.3. The summed E-state index contributed by atoms with van der Waals surface area (Å²) in [5, 5.41) is 2.87. The number of allylic oxidation sites excluding steroid dienone is 1. The second kappa shape index (κ2) is 7.58. The van der Waals surface area contributed by atoms with Gasteiger partial charge in [0.2, 0.25) is 5.91 Å². The second-order valence-corrected chi connectivity index (χ2v) is 7.94. The van der Waals surface area contributed by atoms with Crippen LogP contribution in [0.4, 0.5) is 8.63 Å². The van der Waals surface area contributed by atoms with Crippen molar-refractivity contribution in [3.05, 3.63) is 35.2 Å². The molecule has 0 radical (unpaired) electrons. The van der Waals surface area contributed by atoms with E-state index in [4.69, 9.17) is 0 Å². The SMILES string of the molecule is CC1=CC(C)=[N+]2C1Cc1ccc(CCC(=O)NCCCN(C)C)n1[B-]2(F)F. The van der Waals surface area contributed by atoms with Crippen LogP contribution in [0, 0.1) is 0 Å². The predicted molar refractivity (Wildman–Crippen MR) is 104 cm³/mol. The van der Waals surface area contributed by atoms with E-state index in [1.807, 2.05) is 27.1 Å². The van der Waals surface area contributed by atoms with Gasteiger partial charge in [0.15, 0.2) is 0 Å². The molecule has 0 spiro atoms. The van der Waals surface area contributed by atoms with Gasteiger partial charge in [0.1, 0.15) is 11.8 Å². The lowest BCUT2D eigenvalue weighted by molar-refractivity contribution is -0.459. The fourth-order valence-electron chi connectivity index (χ4n) is 4.27. The molecule has 0 aliphatic carbocycles. The molecule has 148 valence electrons. The van der Waals surface area contributed by atoms with E-state index >= 15 is 8.63 Å². The van der Waals surface area contributed by atoms with Gasteiger partial charge >= 0.3 is 6.97 Å². The highest BCUT2D eigenvalue weighted by molar-refractivity contribution is 6.57. The zero-order valence-corrected chi connectivity index (χ0v) is 16.6. The Labute approximate surface area is 159 Å². The standard InChI is InChI=1S/C19H29BF2N4O/c1-14-12-15(2)25-18(14)13-17-7-6-16(26(17)20(25,21)22)8-9-19(27)23-10-5-11-24(3)4/h6-7,12,18H,5,8-11,13H2,1-4H3,(H,23,27). The zero-order valence-electron chi connectivity index (χ0n) is 16.6. The molecule has 0 saturated heterocycles. The summed E-state index contributed by atoms with van der Waals surface area (Å²) in [7, 11) is 3.97. The van der Waals surface area contributed by atoms with Crippen LogP contribution < -0.4 is 5.32 Å². The highest BCUT2D eigenvalue weighted by Crippen LogP contribution is 2.34. The molecule has 8 heteroatoms. The average molecular weight is 378 g/mol. The minimum Gasteiger partial charge on any atom is -0.397 e. The predicted octanol–water partition coefficient (Wildman–Crippen LogP) is 2.07. The number of hydrogen-bond acceptors (Lipinski definition) is 2. The van der Waals surface area contributed by atoms with Gasteiger partial charge in [0, 0.05) is 32.4 Å². The van der Waals surface area contributed by atoms with E-state index in [-0.39, 0.29) is 18.4 Å². The largest absolute Gasteiger partial charge is 0.732 e. The van der Waals surface area contributed by atoms with Crippen molar-refractivity contribution in [2.24, 2.45) is 0 Å². The monoisotopic (exact) mass is 378 g/mol. The third kappa shape index (κ3) is 3.86. The Bertz CT molecular complexity index is 798. The van der Waals surface area contributed by atoms with Crippen LogP contribution in [0.2, 0.25) is 0 Å². The quantitative estimate of drug-likeness (QED) is 0.583. The molecule has 1 unspecified atom stereocenters. The normalized spacial score (nSPS) is 20.6. The van der Waals surface area contributed by atoms with Crippen molar-refractivity contribution in [1.82, 2.24) is 14.7 Å². The van der Waals surface area contributed by atoms with Crippen molar-refractivity contribution >= 4 is 18.6 Å². The molecule has 2 aliphatic rings. The lowest BCUT2D eigenvalue weighted by Crippen LogP contribution is -2.57. The highest BCUT2D eigenvalue weighted by Gasteiger charge is 2.54. The van der Waals surface area contributed by atoms with Gasteiger partial charge in [0.05, 0.1) is 0 Å². The molecule has 1 aromatic heterocycles. The summed E-state index contributed by atoms with van der Waals surface area (Å²) in [5.41, 5.74) is 2.80. The van der Waals surface area contributed by atoms with Crippen molar-refractivity contribution < 1.29 is 17.9 Å². The molecule has 1 atom stereocenters. The summed E-state index contributed by atoms with van der Waals surface area (Å²) < 4.78 is 33.1. The van der Waals surface area contributed by atoms with Crippen LogP contribution in [0.15, 0.2) is 23.8 Å². The zero-order chi connectivity index (χ0) is 19.8. The smallest absolute Gasteiger partial charge is 0.397 e. The number of halogens is 2. The molecule has 5 nitrogen and oxygen atoms in total. The summed E-state index contributed by atoms with van der Waals surface area (Å²) in [4.78, 5) is 14.1. The maximum Gasteiger partial charge on any atom is 0.732 e. The van der Waals surface area contributed by atoms with Crippen LogP contribution in [0.25, 0.3) is 0 Å². The van der Waals surface area contributed by atoms with Crippen LogP contribution in [-0.4, -0.2) is 65.7 Å². The third-order valence-electron chi connectivity index (χ3n) is 5.55. The number of nitrogens with one attached hydrogen (secondary N) is 1. The van der Waals surface area contributed by atoms with Crippen LogP contribution in [0.5, 0.6) is 0 Å². The van der Waals surface area contributed by atoms with Crippen molar-refractivity contribution in [3.8, 4) is 0 Å². The van der Waals surface area contributed by atoms with Gasteiger partial charge in [-0.25, -0.2) is 0 Å². The number of aromatic nitrogens is 1. The average Bonchev–Trinajstić information content (AvgIpc) is 3.12. The lowest BCUT2D eigenvalue weighted by Gasteiger charge is -2.36. The fourth-order valence-corrected chi connectivity index (χ4v) is 4.27. The van der Waals surface area contributed by atoms with E-state index in [9.17, 15) is 4.79 Å². The number of carbonyl (C=O) groups excluding carboxylic acids is 1. The molecule has 0 aromatic carbocycles. The fraction of sp³-hybridized carbons (Fsp3) is 0.579. The van der Waals surface area contributed by atoms with Crippen molar-refractivity contribution in [2.75, 3.05) is 27.2 Å². The number of amides is 1. The molecule has 27 heavy (non-hydrogen) atoms. The Balaban J connectivity index is 1.67. The summed E-state index contributed by atoms with van der Waals surface area (Å²) in [5.74, 6) is -0.0877. The summed E-state index contributed by atoms with van der Waals surface area (Å²) in [6.45, 7) is 1.29. The molecular weight excluding hydrogens is 349 g/mol. The molecule has 1 N–H and O–H groups in total. The van der Waals surface area contributed by atoms with E-state index in [1.54, 1.807) is 19.1 Å². The van der Waals surface area contributed by atoms with Crippen molar-refractivity contribution in [2.45, 2.75) is 45.6 Å². The number of rotatable bonds is 7. The van der Waals surface area contributed by atoms with Gasteiger partial charge in [-0.2, -0.15) is 0 Å². The van der Waals surface area contributed by atoms with Gasteiger partial charge in [-0.1, -0.05) is 0 Å². The van der Waals surface area contributed by atoms with E-state index in [2.05, 4.69) is 10.2 Å². The number of fused-ring (bicyclic) bond motifs is 2.